The highest BCUT2D eigenvalue weighted by Gasteiger charge is 2.11. The molecular formula is C10H7F3OS. The predicted octanol–water partition coefficient (Wildman–Crippen LogP) is 2.71. The van der Waals surface area contributed by atoms with Crippen LogP contribution >= 0.6 is 12.6 Å². The number of hydrogen-bond acceptors (Lipinski definition) is 2. The van der Waals surface area contributed by atoms with E-state index in [-0.39, 0.29) is 17.1 Å². The summed E-state index contributed by atoms with van der Waals surface area (Å²) < 4.78 is 41.2. The highest BCUT2D eigenvalue weighted by molar-refractivity contribution is 7.80. The molecule has 0 aromatic heterocycles. The average molecular weight is 232 g/mol. The van der Waals surface area contributed by atoms with E-state index in [1.54, 1.807) is 0 Å². The van der Waals surface area contributed by atoms with Gasteiger partial charge in [-0.2, -0.15) is 21.4 Å². The molecule has 0 aliphatic heterocycles. The van der Waals surface area contributed by atoms with Crippen LogP contribution in [0.1, 0.15) is 5.56 Å². The van der Waals surface area contributed by atoms with E-state index >= 15 is 0 Å². The molecule has 0 unspecified atom stereocenters. The zero-order chi connectivity index (χ0) is 11.3. The molecule has 0 atom stereocenters. The van der Waals surface area contributed by atoms with Gasteiger partial charge in [-0.15, -0.1) is 0 Å². The van der Waals surface area contributed by atoms with Crippen molar-refractivity contribution in [2.75, 3.05) is 5.75 Å². The standard InChI is InChI=1S/C10H7F3OS/c11-8-4-1-5-9(14-10(12)13)7(8)3-2-6-15/h1,4-5,10,15H,6H2. The van der Waals surface area contributed by atoms with Gasteiger partial charge >= 0.3 is 6.61 Å². The molecule has 0 amide bonds. The zero-order valence-electron chi connectivity index (χ0n) is 7.51. The van der Waals surface area contributed by atoms with Gasteiger partial charge in [0.05, 0.1) is 5.75 Å². The normalized spacial score (nSPS) is 9.67. The maximum absolute atomic E-state index is 13.2. The first-order valence-electron chi connectivity index (χ1n) is 3.98. The summed E-state index contributed by atoms with van der Waals surface area (Å²) in [6.07, 6.45) is 0. The first kappa shape index (κ1) is 11.8. The topological polar surface area (TPSA) is 9.23 Å². The lowest BCUT2D eigenvalue weighted by Gasteiger charge is -2.06. The smallest absolute Gasteiger partial charge is 0.387 e. The van der Waals surface area contributed by atoms with Crippen molar-refractivity contribution in [3.8, 4) is 17.6 Å². The Morgan fingerprint density at radius 3 is 2.73 bits per heavy atom. The van der Waals surface area contributed by atoms with Crippen LogP contribution in [0.5, 0.6) is 5.75 Å². The predicted molar refractivity (Wildman–Crippen MR) is 53.8 cm³/mol. The van der Waals surface area contributed by atoms with Crippen LogP contribution in [0.2, 0.25) is 0 Å². The van der Waals surface area contributed by atoms with E-state index in [4.69, 9.17) is 0 Å². The van der Waals surface area contributed by atoms with Crippen LogP contribution in [-0.2, 0) is 0 Å². The van der Waals surface area contributed by atoms with Gasteiger partial charge in [0.2, 0.25) is 0 Å². The van der Waals surface area contributed by atoms with E-state index in [9.17, 15) is 13.2 Å². The monoisotopic (exact) mass is 232 g/mol. The summed E-state index contributed by atoms with van der Waals surface area (Å²) in [6.45, 7) is -3.00. The zero-order valence-corrected chi connectivity index (χ0v) is 8.40. The second-order valence-corrected chi connectivity index (χ2v) is 2.77. The van der Waals surface area contributed by atoms with Crippen LogP contribution in [0.15, 0.2) is 18.2 Å². The Balaban J connectivity index is 3.08. The minimum atomic E-state index is -3.00. The summed E-state index contributed by atoms with van der Waals surface area (Å²) in [7, 11) is 0. The summed E-state index contributed by atoms with van der Waals surface area (Å²) in [5.41, 5.74) is -0.174. The number of benzene rings is 1. The molecule has 1 aromatic carbocycles. The van der Waals surface area contributed by atoms with Gasteiger partial charge in [0.25, 0.3) is 0 Å². The molecule has 0 aliphatic carbocycles. The van der Waals surface area contributed by atoms with Crippen molar-refractivity contribution in [1.29, 1.82) is 0 Å². The van der Waals surface area contributed by atoms with Gasteiger partial charge in [0, 0.05) is 0 Å². The van der Waals surface area contributed by atoms with Crippen molar-refractivity contribution in [3.63, 3.8) is 0 Å². The Hall–Kier alpha value is -1.28. The third-order valence-corrected chi connectivity index (χ3v) is 1.64. The van der Waals surface area contributed by atoms with E-state index in [1.165, 1.54) is 12.1 Å². The van der Waals surface area contributed by atoms with Crippen molar-refractivity contribution < 1.29 is 17.9 Å². The molecule has 1 aromatic rings. The maximum Gasteiger partial charge on any atom is 0.387 e. The summed E-state index contributed by atoms with van der Waals surface area (Å²) >= 11 is 3.80. The SMILES string of the molecule is Fc1cccc(OC(F)F)c1C#CCS. The highest BCUT2D eigenvalue weighted by Crippen LogP contribution is 2.22. The van der Waals surface area contributed by atoms with Crippen LogP contribution < -0.4 is 4.74 Å². The highest BCUT2D eigenvalue weighted by atomic mass is 32.1. The van der Waals surface area contributed by atoms with Crippen molar-refractivity contribution >= 4 is 12.6 Å². The summed E-state index contributed by atoms with van der Waals surface area (Å²) in [4.78, 5) is 0. The summed E-state index contributed by atoms with van der Waals surface area (Å²) in [5, 5.41) is 0. The first-order chi connectivity index (χ1) is 7.15. The second kappa shape index (κ2) is 5.56. The van der Waals surface area contributed by atoms with E-state index in [1.807, 2.05) is 0 Å². The summed E-state index contributed by atoms with van der Waals surface area (Å²) in [6, 6.07) is 3.64. The Morgan fingerprint density at radius 2 is 2.13 bits per heavy atom. The van der Waals surface area contributed by atoms with Crippen LogP contribution in [0.25, 0.3) is 0 Å². The Bertz CT molecular complexity index is 395. The minimum absolute atomic E-state index is 0.174. The van der Waals surface area contributed by atoms with Crippen LogP contribution in [-0.4, -0.2) is 12.4 Å². The lowest BCUT2D eigenvalue weighted by atomic mass is 10.2. The molecule has 1 rings (SSSR count). The maximum atomic E-state index is 13.2. The van der Waals surface area contributed by atoms with Crippen LogP contribution in [0.3, 0.4) is 0 Å². The fraction of sp³-hybridized carbons (Fsp3) is 0.200. The average Bonchev–Trinajstić information content (AvgIpc) is 2.16. The second-order valence-electron chi connectivity index (χ2n) is 2.45. The number of halogens is 3. The fourth-order valence-electron chi connectivity index (χ4n) is 0.948. The van der Waals surface area contributed by atoms with Gasteiger partial charge in [-0.05, 0) is 12.1 Å². The largest absolute Gasteiger partial charge is 0.433 e. The lowest BCUT2D eigenvalue weighted by molar-refractivity contribution is -0.0501. The van der Waals surface area contributed by atoms with Crippen molar-refractivity contribution in [3.05, 3.63) is 29.6 Å². The van der Waals surface area contributed by atoms with Crippen LogP contribution in [0, 0.1) is 17.7 Å². The number of rotatable bonds is 2. The van der Waals surface area contributed by atoms with Gasteiger partial charge in [0.1, 0.15) is 17.1 Å². The van der Waals surface area contributed by atoms with Gasteiger partial charge in [-0.1, -0.05) is 17.9 Å². The molecule has 80 valence electrons. The van der Waals surface area contributed by atoms with Crippen LogP contribution in [0.4, 0.5) is 13.2 Å². The number of hydrogen-bond donors (Lipinski definition) is 1. The number of thiol groups is 1. The molecule has 5 heteroatoms. The third-order valence-electron chi connectivity index (χ3n) is 1.48. The Labute approximate surface area is 90.7 Å². The molecule has 0 N–H and O–H groups in total. The quantitative estimate of drug-likeness (QED) is 0.609. The van der Waals surface area contributed by atoms with Crippen molar-refractivity contribution in [2.45, 2.75) is 6.61 Å². The van der Waals surface area contributed by atoms with E-state index in [2.05, 4.69) is 29.2 Å². The molecule has 0 spiro atoms. The molecule has 0 heterocycles. The molecule has 0 radical (unpaired) electrons. The lowest BCUT2D eigenvalue weighted by Crippen LogP contribution is -2.04. The van der Waals surface area contributed by atoms with Gasteiger partial charge in [-0.25, -0.2) is 4.39 Å². The Morgan fingerprint density at radius 1 is 1.40 bits per heavy atom. The van der Waals surface area contributed by atoms with Gasteiger partial charge in [0.15, 0.2) is 0 Å². The first-order valence-corrected chi connectivity index (χ1v) is 4.61. The molecular weight excluding hydrogens is 225 g/mol. The van der Waals surface area contributed by atoms with E-state index < -0.39 is 12.4 Å². The molecule has 0 fully saturated rings. The van der Waals surface area contributed by atoms with E-state index in [0.29, 0.717) is 0 Å². The molecule has 0 bridgehead atoms. The summed E-state index contributed by atoms with van der Waals surface area (Å²) in [5.74, 6) is 4.10. The third kappa shape index (κ3) is 3.40. The Kier molecular flexibility index (Phi) is 4.37. The molecule has 15 heavy (non-hydrogen) atoms. The fourth-order valence-corrected chi connectivity index (χ4v) is 1.03. The van der Waals surface area contributed by atoms with E-state index in [0.717, 1.165) is 6.07 Å². The van der Waals surface area contributed by atoms with Gasteiger partial charge in [-0.3, -0.25) is 0 Å². The minimum Gasteiger partial charge on any atom is -0.433 e. The van der Waals surface area contributed by atoms with Gasteiger partial charge < -0.3 is 4.74 Å². The molecule has 0 saturated carbocycles. The number of ether oxygens (including phenoxy) is 1. The number of alkyl halides is 2. The van der Waals surface area contributed by atoms with Crippen molar-refractivity contribution in [1.82, 2.24) is 0 Å². The van der Waals surface area contributed by atoms with Crippen molar-refractivity contribution in [2.24, 2.45) is 0 Å². The molecule has 0 saturated heterocycles. The molecule has 1 nitrogen and oxygen atoms in total. The molecule has 0 aliphatic rings.